The second kappa shape index (κ2) is 6.35. The van der Waals surface area contributed by atoms with Gasteiger partial charge in [0.15, 0.2) is 5.60 Å². The number of benzene rings is 2. The molecular formula is C18H22N2O2S. The lowest BCUT2D eigenvalue weighted by atomic mass is 9.88. The van der Waals surface area contributed by atoms with E-state index in [1.54, 1.807) is 42.5 Å². The summed E-state index contributed by atoms with van der Waals surface area (Å²) in [7, 11) is 0. The van der Waals surface area contributed by atoms with Gasteiger partial charge in [-0.1, -0.05) is 30.3 Å². The van der Waals surface area contributed by atoms with E-state index in [9.17, 15) is 9.90 Å². The Morgan fingerprint density at radius 1 is 1.09 bits per heavy atom. The molecule has 0 aliphatic carbocycles. The molecule has 0 saturated carbocycles. The van der Waals surface area contributed by atoms with Gasteiger partial charge in [-0.15, -0.1) is 12.6 Å². The Kier molecular flexibility index (Phi) is 4.84. The van der Waals surface area contributed by atoms with Crippen molar-refractivity contribution in [1.82, 2.24) is 0 Å². The topological polar surface area (TPSA) is 75.4 Å². The minimum Gasteiger partial charge on any atom is -0.372 e. The molecule has 3 rings (SSSR count). The van der Waals surface area contributed by atoms with Crippen LogP contribution >= 0.6 is 12.6 Å². The third-order valence-electron chi connectivity index (χ3n) is 3.18. The van der Waals surface area contributed by atoms with E-state index in [0.29, 0.717) is 16.8 Å². The summed E-state index contributed by atoms with van der Waals surface area (Å²) >= 11 is 4.20. The molecule has 2 aromatic carbocycles. The number of fused-ring (bicyclic) bond motifs is 1. The van der Waals surface area contributed by atoms with E-state index in [1.807, 2.05) is 26.8 Å². The van der Waals surface area contributed by atoms with Crippen LogP contribution in [-0.2, 0) is 10.4 Å². The molecule has 122 valence electrons. The number of anilines is 1. The van der Waals surface area contributed by atoms with Crippen molar-refractivity contribution in [2.75, 3.05) is 5.32 Å². The second-order valence-electron chi connectivity index (χ2n) is 6.62. The quantitative estimate of drug-likeness (QED) is 0.607. The molecule has 2 aromatic rings. The lowest BCUT2D eigenvalue weighted by Gasteiger charge is -2.21. The van der Waals surface area contributed by atoms with Crippen molar-refractivity contribution in [1.29, 1.82) is 0 Å². The van der Waals surface area contributed by atoms with Crippen molar-refractivity contribution in [3.8, 4) is 0 Å². The highest BCUT2D eigenvalue weighted by molar-refractivity contribution is 7.80. The van der Waals surface area contributed by atoms with Crippen molar-refractivity contribution >= 4 is 24.2 Å². The zero-order valence-corrected chi connectivity index (χ0v) is 14.4. The monoisotopic (exact) mass is 330 g/mol. The summed E-state index contributed by atoms with van der Waals surface area (Å²) in [5, 5.41) is 13.4. The number of carbonyl (C=O) groups excluding carboxylic acids is 1. The summed E-state index contributed by atoms with van der Waals surface area (Å²) in [6.45, 7) is 5.90. The van der Waals surface area contributed by atoms with Crippen LogP contribution in [0.3, 0.4) is 0 Å². The van der Waals surface area contributed by atoms with E-state index in [0.717, 1.165) is 4.90 Å². The number of hydrogen-bond donors (Lipinski definition) is 4. The fourth-order valence-corrected chi connectivity index (χ4v) is 2.38. The molecule has 1 heterocycles. The highest BCUT2D eigenvalue weighted by Crippen LogP contribution is 2.40. The number of amides is 1. The molecule has 0 spiro atoms. The number of nitrogens with one attached hydrogen (secondary N) is 1. The number of para-hydroxylation sites is 1. The number of nitrogens with two attached hydrogens (primary N) is 1. The fraction of sp³-hybridized carbons (Fsp3) is 0.278. The Morgan fingerprint density at radius 2 is 1.61 bits per heavy atom. The van der Waals surface area contributed by atoms with Gasteiger partial charge in [-0.2, -0.15) is 0 Å². The van der Waals surface area contributed by atoms with Crippen molar-refractivity contribution in [2.45, 2.75) is 36.8 Å². The Morgan fingerprint density at radius 3 is 2.17 bits per heavy atom. The SMILES string of the molecule is CC(C)(C)N.O=C1Nc2ccccc2C1(O)c1ccc(S)cc1. The van der Waals surface area contributed by atoms with Crippen LogP contribution in [0.25, 0.3) is 0 Å². The molecule has 0 bridgehead atoms. The van der Waals surface area contributed by atoms with Crippen molar-refractivity contribution in [2.24, 2.45) is 5.73 Å². The average molecular weight is 330 g/mol. The largest absolute Gasteiger partial charge is 0.372 e. The molecule has 0 saturated heterocycles. The maximum atomic E-state index is 12.1. The predicted molar refractivity (Wildman–Crippen MR) is 95.7 cm³/mol. The summed E-state index contributed by atoms with van der Waals surface area (Å²) < 4.78 is 0. The molecule has 1 unspecified atom stereocenters. The molecule has 5 heteroatoms. The van der Waals surface area contributed by atoms with Gasteiger partial charge in [0.1, 0.15) is 0 Å². The van der Waals surface area contributed by atoms with Gasteiger partial charge in [-0.25, -0.2) is 0 Å². The van der Waals surface area contributed by atoms with Gasteiger partial charge in [-0.05, 0) is 44.5 Å². The molecule has 0 aromatic heterocycles. The Labute approximate surface area is 142 Å². The Bertz CT molecular complexity index is 702. The molecule has 0 radical (unpaired) electrons. The second-order valence-corrected chi connectivity index (χ2v) is 7.14. The smallest absolute Gasteiger partial charge is 0.265 e. The van der Waals surface area contributed by atoms with E-state index < -0.39 is 11.5 Å². The molecule has 4 nitrogen and oxygen atoms in total. The number of carbonyl (C=O) groups is 1. The third kappa shape index (κ3) is 3.93. The number of hydrogen-bond acceptors (Lipinski definition) is 4. The fourth-order valence-electron chi connectivity index (χ4n) is 2.23. The zero-order valence-electron chi connectivity index (χ0n) is 13.5. The van der Waals surface area contributed by atoms with Gasteiger partial charge in [0.2, 0.25) is 0 Å². The standard InChI is InChI=1S/C14H11NO2S.C4H11N/c16-13-14(17,9-5-7-10(18)8-6-9)11-3-1-2-4-12(11)15-13;1-4(2,3)5/h1-8,17-18H,(H,15,16);5H2,1-3H3. The van der Waals surface area contributed by atoms with Crippen molar-refractivity contribution < 1.29 is 9.90 Å². The van der Waals surface area contributed by atoms with E-state index in [4.69, 9.17) is 5.73 Å². The first-order valence-corrected chi connectivity index (χ1v) is 7.79. The van der Waals surface area contributed by atoms with Gasteiger partial charge >= 0.3 is 0 Å². The van der Waals surface area contributed by atoms with Crippen LogP contribution in [0, 0.1) is 0 Å². The lowest BCUT2D eigenvalue weighted by molar-refractivity contribution is -0.129. The molecule has 23 heavy (non-hydrogen) atoms. The van der Waals surface area contributed by atoms with Crippen LogP contribution in [0.2, 0.25) is 0 Å². The van der Waals surface area contributed by atoms with E-state index >= 15 is 0 Å². The first kappa shape index (κ1) is 17.5. The van der Waals surface area contributed by atoms with Crippen molar-refractivity contribution in [3.63, 3.8) is 0 Å². The third-order valence-corrected chi connectivity index (χ3v) is 3.48. The van der Waals surface area contributed by atoms with Crippen LogP contribution in [0.1, 0.15) is 31.9 Å². The van der Waals surface area contributed by atoms with E-state index in [-0.39, 0.29) is 5.54 Å². The highest BCUT2D eigenvalue weighted by atomic mass is 32.1. The minimum atomic E-state index is -1.61. The van der Waals surface area contributed by atoms with Gasteiger partial charge in [-0.3, -0.25) is 4.79 Å². The molecule has 1 amide bonds. The first-order chi connectivity index (χ1) is 10.6. The molecule has 0 fully saturated rings. The summed E-state index contributed by atoms with van der Waals surface area (Å²) in [4.78, 5) is 12.8. The van der Waals surface area contributed by atoms with Gasteiger partial charge in [0.25, 0.3) is 5.91 Å². The van der Waals surface area contributed by atoms with E-state index in [2.05, 4.69) is 17.9 Å². The Balaban J connectivity index is 0.000000338. The van der Waals surface area contributed by atoms with Crippen LogP contribution in [0.4, 0.5) is 5.69 Å². The number of aliphatic hydroxyl groups is 1. The summed E-state index contributed by atoms with van der Waals surface area (Å²) in [6, 6.07) is 14.1. The van der Waals surface area contributed by atoms with Crippen LogP contribution < -0.4 is 11.1 Å². The molecule has 1 aliphatic rings. The number of thiol groups is 1. The predicted octanol–water partition coefficient (Wildman–Crippen LogP) is 2.91. The van der Waals surface area contributed by atoms with E-state index in [1.165, 1.54) is 0 Å². The maximum Gasteiger partial charge on any atom is 0.265 e. The van der Waals surface area contributed by atoms with Gasteiger partial charge in [0, 0.05) is 21.7 Å². The normalized spacial score (nSPS) is 19.5. The Hall–Kier alpha value is -1.82. The molecule has 1 atom stereocenters. The van der Waals surface area contributed by atoms with Gasteiger partial charge in [0.05, 0.1) is 0 Å². The van der Waals surface area contributed by atoms with Crippen molar-refractivity contribution in [3.05, 3.63) is 59.7 Å². The molecule has 1 aliphatic heterocycles. The average Bonchev–Trinajstić information content (AvgIpc) is 2.71. The van der Waals surface area contributed by atoms with Crippen LogP contribution in [-0.4, -0.2) is 16.6 Å². The molecular weight excluding hydrogens is 308 g/mol. The zero-order chi connectivity index (χ0) is 17.3. The maximum absolute atomic E-state index is 12.1. The summed E-state index contributed by atoms with van der Waals surface area (Å²) in [6.07, 6.45) is 0. The highest BCUT2D eigenvalue weighted by Gasteiger charge is 2.46. The first-order valence-electron chi connectivity index (χ1n) is 7.34. The van der Waals surface area contributed by atoms with Crippen LogP contribution in [0.5, 0.6) is 0 Å². The lowest BCUT2D eigenvalue weighted by Crippen LogP contribution is -2.35. The van der Waals surface area contributed by atoms with Gasteiger partial charge < -0.3 is 16.2 Å². The molecule has 4 N–H and O–H groups in total. The number of rotatable bonds is 1. The van der Waals surface area contributed by atoms with Crippen LogP contribution in [0.15, 0.2) is 53.4 Å². The summed E-state index contributed by atoms with van der Waals surface area (Å²) in [5.41, 5.74) is 5.52. The summed E-state index contributed by atoms with van der Waals surface area (Å²) in [5.74, 6) is -0.421. The minimum absolute atomic E-state index is 0.